The predicted molar refractivity (Wildman–Crippen MR) is 66.0 cm³/mol. The first kappa shape index (κ1) is 12.2. The summed E-state index contributed by atoms with van der Waals surface area (Å²) in [5.41, 5.74) is 0.546. The van der Waals surface area contributed by atoms with Crippen molar-refractivity contribution >= 4 is 29.1 Å². The summed E-state index contributed by atoms with van der Waals surface area (Å²) < 4.78 is 17.4. The van der Waals surface area contributed by atoms with Crippen LogP contribution in [0.2, 0.25) is 0 Å². The first-order chi connectivity index (χ1) is 8.25. The fourth-order valence-corrected chi connectivity index (χ4v) is 2.69. The molecule has 0 fully saturated rings. The second kappa shape index (κ2) is 5.88. The van der Waals surface area contributed by atoms with E-state index in [2.05, 4.69) is 9.36 Å². The molecular weight excluding hydrogens is 259 g/mol. The van der Waals surface area contributed by atoms with E-state index in [1.807, 2.05) is 0 Å². The van der Waals surface area contributed by atoms with E-state index in [0.717, 1.165) is 4.34 Å². The zero-order valence-corrected chi connectivity index (χ0v) is 10.4. The number of hydrogen-bond donors (Lipinski definition) is 0. The zero-order valence-electron chi connectivity index (χ0n) is 8.80. The van der Waals surface area contributed by atoms with Crippen molar-refractivity contribution in [1.82, 2.24) is 9.36 Å². The van der Waals surface area contributed by atoms with Gasteiger partial charge in [-0.2, -0.15) is 4.37 Å². The number of Topliss-reactive ketones (excluding diaryl/α,β-unsaturated/α-hetero) is 1. The molecule has 0 saturated heterocycles. The van der Waals surface area contributed by atoms with Crippen LogP contribution in [0.15, 0.2) is 34.9 Å². The Labute approximate surface area is 106 Å². The summed E-state index contributed by atoms with van der Waals surface area (Å²) in [4.78, 5) is 15.7. The minimum Gasteiger partial charge on any atom is -0.294 e. The standard InChI is InChI=1S/C11H9FN2OS2/c12-9-3-1-8(2-4-9)10(15)5-6-16-11-13-7-14-17-11/h1-4,7H,5-6H2. The lowest BCUT2D eigenvalue weighted by Crippen LogP contribution is -2.00. The van der Waals surface area contributed by atoms with Crippen LogP contribution >= 0.6 is 23.3 Å². The molecule has 1 aromatic carbocycles. The fraction of sp³-hybridized carbons (Fsp3) is 0.182. The Morgan fingerprint density at radius 1 is 1.35 bits per heavy atom. The van der Waals surface area contributed by atoms with Crippen molar-refractivity contribution in [2.45, 2.75) is 10.8 Å². The molecule has 1 heterocycles. The third kappa shape index (κ3) is 3.61. The van der Waals surface area contributed by atoms with Crippen LogP contribution in [0.5, 0.6) is 0 Å². The van der Waals surface area contributed by atoms with E-state index in [1.165, 1.54) is 53.9 Å². The molecule has 0 saturated carbocycles. The van der Waals surface area contributed by atoms with E-state index >= 15 is 0 Å². The number of carbonyl (C=O) groups is 1. The van der Waals surface area contributed by atoms with Crippen LogP contribution in [0.25, 0.3) is 0 Å². The van der Waals surface area contributed by atoms with E-state index in [9.17, 15) is 9.18 Å². The fourth-order valence-electron chi connectivity index (χ4n) is 1.24. The second-order valence-corrected chi connectivity index (χ2v) is 5.36. The number of carbonyl (C=O) groups excluding carboxylic acids is 1. The first-order valence-electron chi connectivity index (χ1n) is 4.94. The van der Waals surface area contributed by atoms with Gasteiger partial charge in [0.25, 0.3) is 0 Å². The average molecular weight is 268 g/mol. The Balaban J connectivity index is 1.83. The molecule has 0 N–H and O–H groups in total. The van der Waals surface area contributed by atoms with Crippen LogP contribution in [0, 0.1) is 5.82 Å². The number of rotatable bonds is 5. The van der Waals surface area contributed by atoms with Gasteiger partial charge >= 0.3 is 0 Å². The molecule has 0 spiro atoms. The molecule has 3 nitrogen and oxygen atoms in total. The van der Waals surface area contributed by atoms with Crippen molar-refractivity contribution in [3.05, 3.63) is 42.0 Å². The third-order valence-corrected chi connectivity index (χ3v) is 3.86. The molecule has 0 radical (unpaired) electrons. The lowest BCUT2D eigenvalue weighted by molar-refractivity contribution is 0.0989. The SMILES string of the molecule is O=C(CCSc1ncns1)c1ccc(F)cc1. The van der Waals surface area contributed by atoms with Gasteiger partial charge in [-0.1, -0.05) is 11.8 Å². The van der Waals surface area contributed by atoms with Gasteiger partial charge in [-0.05, 0) is 35.8 Å². The van der Waals surface area contributed by atoms with Gasteiger partial charge in [0.2, 0.25) is 0 Å². The van der Waals surface area contributed by atoms with Gasteiger partial charge in [0, 0.05) is 17.7 Å². The Hall–Kier alpha value is -1.27. The molecule has 0 aliphatic heterocycles. The third-order valence-electron chi connectivity index (χ3n) is 2.06. The molecule has 1 aromatic heterocycles. The molecule has 17 heavy (non-hydrogen) atoms. The minimum absolute atomic E-state index is 0.0158. The monoisotopic (exact) mass is 268 g/mol. The molecule has 6 heteroatoms. The largest absolute Gasteiger partial charge is 0.294 e. The predicted octanol–water partition coefficient (Wildman–Crippen LogP) is 3.04. The van der Waals surface area contributed by atoms with Gasteiger partial charge in [-0.15, -0.1) is 0 Å². The van der Waals surface area contributed by atoms with Gasteiger partial charge < -0.3 is 0 Å². The first-order valence-corrected chi connectivity index (χ1v) is 6.70. The second-order valence-electron chi connectivity index (χ2n) is 3.24. The summed E-state index contributed by atoms with van der Waals surface area (Å²) in [5.74, 6) is 0.345. The number of aromatic nitrogens is 2. The van der Waals surface area contributed by atoms with Crippen molar-refractivity contribution in [1.29, 1.82) is 0 Å². The van der Waals surface area contributed by atoms with Crippen molar-refractivity contribution in [2.75, 3.05) is 5.75 Å². The molecule has 2 aromatic rings. The number of ketones is 1. The maximum Gasteiger partial charge on any atom is 0.169 e. The Morgan fingerprint density at radius 3 is 2.76 bits per heavy atom. The maximum absolute atomic E-state index is 12.7. The topological polar surface area (TPSA) is 42.9 Å². The van der Waals surface area contributed by atoms with Crippen molar-refractivity contribution < 1.29 is 9.18 Å². The van der Waals surface area contributed by atoms with Gasteiger partial charge in [0.05, 0.1) is 0 Å². The van der Waals surface area contributed by atoms with Crippen LogP contribution < -0.4 is 0 Å². The number of nitrogens with zero attached hydrogens (tertiary/aromatic N) is 2. The van der Waals surface area contributed by atoms with Crippen LogP contribution in [-0.4, -0.2) is 20.9 Å². The van der Waals surface area contributed by atoms with E-state index in [1.54, 1.807) is 0 Å². The molecule has 0 amide bonds. The Kier molecular flexibility index (Phi) is 4.22. The van der Waals surface area contributed by atoms with Crippen molar-refractivity contribution in [2.24, 2.45) is 0 Å². The van der Waals surface area contributed by atoms with E-state index in [4.69, 9.17) is 0 Å². The molecule has 88 valence electrons. The highest BCUT2D eigenvalue weighted by molar-refractivity contribution is 8.00. The summed E-state index contributed by atoms with van der Waals surface area (Å²) in [6, 6.07) is 5.61. The van der Waals surface area contributed by atoms with Crippen molar-refractivity contribution in [3.63, 3.8) is 0 Å². The molecule has 0 aliphatic rings. The lowest BCUT2D eigenvalue weighted by Gasteiger charge is -1.99. The molecule has 0 bridgehead atoms. The number of halogens is 1. The molecule has 0 aliphatic carbocycles. The summed E-state index contributed by atoms with van der Waals surface area (Å²) in [6.45, 7) is 0. The highest BCUT2D eigenvalue weighted by atomic mass is 32.2. The zero-order chi connectivity index (χ0) is 12.1. The van der Waals surface area contributed by atoms with Gasteiger partial charge in [-0.3, -0.25) is 4.79 Å². The Bertz CT molecular complexity index is 485. The van der Waals surface area contributed by atoms with Crippen molar-refractivity contribution in [3.8, 4) is 0 Å². The van der Waals surface area contributed by atoms with Crippen LogP contribution in [-0.2, 0) is 0 Å². The van der Waals surface area contributed by atoms with Gasteiger partial charge in [0.1, 0.15) is 12.1 Å². The number of hydrogen-bond acceptors (Lipinski definition) is 5. The minimum atomic E-state index is -0.329. The summed E-state index contributed by atoms with van der Waals surface area (Å²) in [7, 11) is 0. The van der Waals surface area contributed by atoms with Crippen LogP contribution in [0.4, 0.5) is 4.39 Å². The number of benzene rings is 1. The van der Waals surface area contributed by atoms with E-state index in [-0.39, 0.29) is 11.6 Å². The van der Waals surface area contributed by atoms with Crippen LogP contribution in [0.1, 0.15) is 16.8 Å². The quantitative estimate of drug-likeness (QED) is 0.617. The summed E-state index contributed by atoms with van der Waals surface area (Å²) in [6.07, 6.45) is 1.91. The molecule has 0 unspecified atom stereocenters. The maximum atomic E-state index is 12.7. The van der Waals surface area contributed by atoms with E-state index in [0.29, 0.717) is 17.7 Å². The lowest BCUT2D eigenvalue weighted by atomic mass is 10.1. The molecule has 2 rings (SSSR count). The van der Waals surface area contributed by atoms with Gasteiger partial charge in [0.15, 0.2) is 10.1 Å². The molecular formula is C11H9FN2OS2. The summed E-state index contributed by atoms with van der Waals surface area (Å²) >= 11 is 2.82. The highest BCUT2D eigenvalue weighted by Gasteiger charge is 2.06. The van der Waals surface area contributed by atoms with Gasteiger partial charge in [-0.25, -0.2) is 9.37 Å². The molecule has 0 atom stereocenters. The normalized spacial score (nSPS) is 10.4. The smallest absolute Gasteiger partial charge is 0.169 e. The Morgan fingerprint density at radius 2 is 2.12 bits per heavy atom. The highest BCUT2D eigenvalue weighted by Crippen LogP contribution is 2.19. The average Bonchev–Trinajstić information content (AvgIpc) is 2.83. The van der Waals surface area contributed by atoms with Crippen LogP contribution in [0.3, 0.4) is 0 Å². The number of thioether (sulfide) groups is 1. The summed E-state index contributed by atoms with van der Waals surface area (Å²) in [5, 5.41) is 0. The van der Waals surface area contributed by atoms with E-state index < -0.39 is 0 Å².